The molecule has 0 fully saturated rings. The molecule has 17 heteroatoms. The fraction of sp³-hybridized carbons (Fsp3) is 0. The molecule has 0 spiro atoms. The van der Waals surface area contributed by atoms with Crippen molar-refractivity contribution in [2.75, 3.05) is 0 Å². The number of phenolic OH excluding ortho intramolecular Hbond substituents is 12. The Hall–Kier alpha value is -10.0. The van der Waals surface area contributed by atoms with Crippen LogP contribution in [-0.4, -0.2) is 80.8 Å². The number of benzene rings is 8. The number of phenols is 12. The van der Waals surface area contributed by atoms with Crippen LogP contribution in [0.1, 0.15) is 0 Å². The van der Waals surface area contributed by atoms with Gasteiger partial charge in [-0.1, -0.05) is 91.0 Å². The van der Waals surface area contributed by atoms with E-state index in [2.05, 4.69) is 0 Å². The first-order chi connectivity index (χ1) is 32.7. The zero-order valence-corrected chi connectivity index (χ0v) is 34.6. The van der Waals surface area contributed by atoms with E-state index in [4.69, 9.17) is 19.4 Å². The van der Waals surface area contributed by atoms with E-state index in [0.717, 1.165) is 15.7 Å². The number of aromatic nitrogens is 4. The van der Waals surface area contributed by atoms with Crippen LogP contribution in [0.2, 0.25) is 0 Å². The molecule has 0 saturated heterocycles. The van der Waals surface area contributed by atoms with Crippen LogP contribution in [0.5, 0.6) is 69.0 Å². The summed E-state index contributed by atoms with van der Waals surface area (Å²) in [5, 5.41) is 132. The largest absolute Gasteiger partial charge is 0.506 e. The van der Waals surface area contributed by atoms with E-state index >= 15 is 0 Å². The molecule has 17 nitrogen and oxygen atoms in total. The second-order valence-corrected chi connectivity index (χ2v) is 15.8. The molecule has 0 amide bonds. The van der Waals surface area contributed by atoms with Crippen molar-refractivity contribution in [1.82, 2.24) is 19.5 Å². The highest BCUT2D eigenvalue weighted by atomic mass is 16.4. The van der Waals surface area contributed by atoms with E-state index in [1.165, 1.54) is 6.07 Å². The van der Waals surface area contributed by atoms with Crippen LogP contribution in [0.3, 0.4) is 0 Å². The molecule has 0 radical (unpaired) electrons. The van der Waals surface area contributed by atoms with E-state index in [-0.39, 0.29) is 5.69 Å². The van der Waals surface area contributed by atoms with Crippen LogP contribution < -0.4 is 0 Å². The maximum atomic E-state index is 11.9. The van der Waals surface area contributed by atoms with Gasteiger partial charge in [-0.3, -0.25) is 0 Å². The molecule has 11 aromatic rings. The van der Waals surface area contributed by atoms with Crippen LogP contribution in [0.15, 0.2) is 126 Å². The summed E-state index contributed by atoms with van der Waals surface area (Å²) in [6.07, 6.45) is 0. The molecule has 0 aliphatic heterocycles. The molecule has 12 N–H and O–H groups in total. The molecule has 8 aromatic carbocycles. The van der Waals surface area contributed by atoms with Crippen molar-refractivity contribution in [3.8, 4) is 131 Å². The summed E-state index contributed by atoms with van der Waals surface area (Å²) in [6.45, 7) is 0. The third-order valence-electron chi connectivity index (χ3n) is 12.0. The average molecular weight is 909 g/mol. The van der Waals surface area contributed by atoms with Gasteiger partial charge in [0.1, 0.15) is 27.9 Å². The molecule has 0 aliphatic carbocycles. The first-order valence-corrected chi connectivity index (χ1v) is 20.5. The zero-order valence-electron chi connectivity index (χ0n) is 34.6. The normalized spacial score (nSPS) is 11.6. The van der Waals surface area contributed by atoms with Crippen LogP contribution in [-0.2, 0) is 0 Å². The summed E-state index contributed by atoms with van der Waals surface area (Å²) in [5.41, 5.74) is 1.36. The summed E-state index contributed by atoms with van der Waals surface area (Å²) < 4.78 is 7.41. The molecular weight excluding hydrogens is 877 g/mol. The molecule has 0 aliphatic rings. The number of furan rings is 1. The van der Waals surface area contributed by atoms with Crippen molar-refractivity contribution >= 4 is 43.7 Å². The molecule has 0 bridgehead atoms. The lowest BCUT2D eigenvalue weighted by molar-refractivity contribution is 0.329. The Balaban J connectivity index is 1.13. The quantitative estimate of drug-likeness (QED) is 0.0546. The number of aromatic hydroxyl groups is 12. The molecule has 334 valence electrons. The fourth-order valence-electron chi connectivity index (χ4n) is 8.77. The second kappa shape index (κ2) is 14.8. The smallest absolute Gasteiger partial charge is 0.208 e. The highest BCUT2D eigenvalue weighted by Gasteiger charge is 2.36. The third kappa shape index (κ3) is 5.79. The highest BCUT2D eigenvalue weighted by molar-refractivity contribution is 6.22. The summed E-state index contributed by atoms with van der Waals surface area (Å²) in [6, 6.07) is 36.5. The van der Waals surface area contributed by atoms with E-state index < -0.39 is 102 Å². The Kier molecular flexibility index (Phi) is 8.84. The van der Waals surface area contributed by atoms with Crippen molar-refractivity contribution in [3.63, 3.8) is 0 Å². The predicted molar refractivity (Wildman–Crippen MR) is 249 cm³/mol. The predicted octanol–water partition coefficient (Wildman–Crippen LogP) is 9.67. The van der Waals surface area contributed by atoms with Crippen molar-refractivity contribution in [1.29, 1.82) is 0 Å². The number of fused-ring (bicyclic) bond motifs is 6. The van der Waals surface area contributed by atoms with Gasteiger partial charge in [-0.15, -0.1) is 0 Å². The van der Waals surface area contributed by atoms with Crippen molar-refractivity contribution < 1.29 is 65.7 Å². The minimum absolute atomic E-state index is 0.0830. The van der Waals surface area contributed by atoms with Crippen LogP contribution >= 0.6 is 0 Å². The fourth-order valence-corrected chi connectivity index (χ4v) is 8.77. The van der Waals surface area contributed by atoms with Crippen LogP contribution in [0, 0.1) is 0 Å². The average Bonchev–Trinajstić information content (AvgIpc) is 3.94. The molecule has 0 atom stereocenters. The van der Waals surface area contributed by atoms with Gasteiger partial charge in [0.25, 0.3) is 0 Å². The van der Waals surface area contributed by atoms with Gasteiger partial charge in [-0.25, -0.2) is 15.0 Å². The topological polar surface area (TPSA) is 300 Å². The van der Waals surface area contributed by atoms with Crippen molar-refractivity contribution in [2.24, 2.45) is 0 Å². The minimum Gasteiger partial charge on any atom is -0.506 e. The van der Waals surface area contributed by atoms with Crippen molar-refractivity contribution in [3.05, 3.63) is 121 Å². The number of hydrogen-bond donors (Lipinski definition) is 12. The van der Waals surface area contributed by atoms with Gasteiger partial charge < -0.3 is 70.3 Å². The summed E-state index contributed by atoms with van der Waals surface area (Å²) >= 11 is 0. The van der Waals surface area contributed by atoms with Gasteiger partial charge >= 0.3 is 0 Å². The number of nitrogens with zero attached hydrogens (tertiary/aromatic N) is 4. The Morgan fingerprint density at radius 3 is 1.44 bits per heavy atom. The summed E-state index contributed by atoms with van der Waals surface area (Å²) in [5.74, 6) is -13.7. The van der Waals surface area contributed by atoms with E-state index in [1.54, 1.807) is 30.3 Å². The van der Waals surface area contributed by atoms with Crippen LogP contribution in [0.4, 0.5) is 0 Å². The van der Waals surface area contributed by atoms with Gasteiger partial charge in [-0.2, -0.15) is 0 Å². The van der Waals surface area contributed by atoms with Crippen LogP contribution in [0.25, 0.3) is 106 Å². The van der Waals surface area contributed by atoms with E-state index in [0.29, 0.717) is 56.1 Å². The van der Waals surface area contributed by atoms with Gasteiger partial charge in [0, 0.05) is 33.2 Å². The zero-order chi connectivity index (χ0) is 47.4. The lowest BCUT2D eigenvalue weighted by atomic mass is 9.96. The third-order valence-corrected chi connectivity index (χ3v) is 12.0. The standard InChI is InChI=1S/C51H32N4O13/c56-37-31-32-36(43(62)47(66)44(63)38(32)57)55(35(31)42(61)39(58)33(37)34-40(59)45(64)48(67)46(65)41(34)60)25-14-7-13-23(19-25)24-17-18-28-27(20-24)30-26(15-8-16-29(30)68-28)51-53-49(21-9-3-1-4-10-21)52-50(54-51)22-11-5-2-6-12-22/h1-20,56-67H. The molecule has 3 aromatic heterocycles. The molecular formula is C51H32N4O13. The molecule has 0 unspecified atom stereocenters. The first-order valence-electron chi connectivity index (χ1n) is 20.5. The Labute approximate surface area is 380 Å². The maximum Gasteiger partial charge on any atom is 0.208 e. The summed E-state index contributed by atoms with van der Waals surface area (Å²) in [4.78, 5) is 14.7. The Morgan fingerprint density at radius 1 is 0.338 bits per heavy atom. The SMILES string of the molecule is Oc1c(O)c(O)c(-c2c(O)c(O)c3c(c2O)c2c(O)c(O)c(O)c(O)c2n3-c2cccc(-c3ccc4oc5cccc(-c6nc(-c7ccccc7)nc(-c7ccccc7)n6)c5c4c3)c2)c(O)c1O. The van der Waals surface area contributed by atoms with E-state index in [1.807, 2.05) is 84.9 Å². The number of hydrogen-bond acceptors (Lipinski definition) is 16. The lowest BCUT2D eigenvalue weighted by Gasteiger charge is -2.17. The Morgan fingerprint density at radius 2 is 0.809 bits per heavy atom. The monoisotopic (exact) mass is 908 g/mol. The second-order valence-electron chi connectivity index (χ2n) is 15.8. The Bertz CT molecular complexity index is 3860. The molecule has 68 heavy (non-hydrogen) atoms. The van der Waals surface area contributed by atoms with Gasteiger partial charge in [-0.05, 0) is 41.5 Å². The minimum atomic E-state index is -1.38. The maximum absolute atomic E-state index is 11.9. The summed E-state index contributed by atoms with van der Waals surface area (Å²) in [7, 11) is 0. The number of rotatable bonds is 6. The van der Waals surface area contributed by atoms with E-state index in [9.17, 15) is 61.3 Å². The van der Waals surface area contributed by atoms with Gasteiger partial charge in [0.05, 0.1) is 21.9 Å². The highest BCUT2D eigenvalue weighted by Crippen LogP contribution is 2.63. The van der Waals surface area contributed by atoms with Crippen molar-refractivity contribution in [2.45, 2.75) is 0 Å². The molecule has 0 saturated carbocycles. The lowest BCUT2D eigenvalue weighted by Crippen LogP contribution is -2.00. The molecule has 3 heterocycles. The van der Waals surface area contributed by atoms with Gasteiger partial charge in [0.15, 0.2) is 52.0 Å². The first kappa shape index (κ1) is 40.7. The van der Waals surface area contributed by atoms with Gasteiger partial charge in [0.2, 0.25) is 28.7 Å². The molecule has 11 rings (SSSR count).